The van der Waals surface area contributed by atoms with Crippen LogP contribution in [0, 0.1) is 0 Å². The zero-order valence-electron chi connectivity index (χ0n) is 13.9. The summed E-state index contributed by atoms with van der Waals surface area (Å²) in [7, 11) is 3.07. The lowest BCUT2D eigenvalue weighted by Gasteiger charge is -2.13. The molecule has 0 aliphatic heterocycles. The maximum Gasteiger partial charge on any atom is 0.255 e. The summed E-state index contributed by atoms with van der Waals surface area (Å²) in [6, 6.07) is 12.4. The number of rotatable bonds is 6. The van der Waals surface area contributed by atoms with Crippen LogP contribution < -0.4 is 20.1 Å². The Bertz CT molecular complexity index is 744. The molecule has 2 aromatic carbocycles. The van der Waals surface area contributed by atoms with Gasteiger partial charge in [-0.2, -0.15) is 0 Å². The fraction of sp³-hybridized carbons (Fsp3) is 0.222. The quantitative estimate of drug-likeness (QED) is 0.854. The van der Waals surface area contributed by atoms with E-state index in [1.807, 2.05) is 24.3 Å². The van der Waals surface area contributed by atoms with Gasteiger partial charge in [-0.25, -0.2) is 0 Å². The van der Waals surface area contributed by atoms with E-state index in [0.29, 0.717) is 29.3 Å². The van der Waals surface area contributed by atoms with E-state index in [2.05, 4.69) is 10.6 Å². The molecule has 0 saturated heterocycles. The molecule has 0 saturated carbocycles. The summed E-state index contributed by atoms with van der Waals surface area (Å²) >= 11 is 0. The topological polar surface area (TPSA) is 76.7 Å². The van der Waals surface area contributed by atoms with E-state index in [1.165, 1.54) is 14.0 Å². The van der Waals surface area contributed by atoms with Gasteiger partial charge in [-0.3, -0.25) is 9.59 Å². The van der Waals surface area contributed by atoms with E-state index >= 15 is 0 Å². The van der Waals surface area contributed by atoms with E-state index in [9.17, 15) is 9.59 Å². The van der Waals surface area contributed by atoms with Crippen molar-refractivity contribution in [3.05, 3.63) is 53.6 Å². The number of nitrogens with one attached hydrogen (secondary N) is 2. The molecule has 0 aliphatic carbocycles. The summed E-state index contributed by atoms with van der Waals surface area (Å²) in [5, 5.41) is 5.48. The minimum absolute atomic E-state index is 0.208. The van der Waals surface area contributed by atoms with Crippen LogP contribution in [0.1, 0.15) is 22.8 Å². The molecule has 6 heteroatoms. The molecule has 0 heterocycles. The summed E-state index contributed by atoms with van der Waals surface area (Å²) in [5.41, 5.74) is 1.75. The standard InChI is InChI=1S/C18H20N2O4/c1-12(21)20-14-8-9-17(24-3)15(10-14)18(22)19-11-13-6-4-5-7-16(13)23-2/h4-10H,11H2,1-3H3,(H,19,22)(H,20,21). The number of anilines is 1. The second kappa shape index (κ2) is 8.01. The Hall–Kier alpha value is -3.02. The van der Waals surface area contributed by atoms with Gasteiger partial charge >= 0.3 is 0 Å². The molecule has 6 nitrogen and oxygen atoms in total. The minimum atomic E-state index is -0.301. The summed E-state index contributed by atoms with van der Waals surface area (Å²) < 4.78 is 10.5. The van der Waals surface area contributed by atoms with Crippen molar-refractivity contribution in [2.75, 3.05) is 19.5 Å². The van der Waals surface area contributed by atoms with Gasteiger partial charge in [0.1, 0.15) is 11.5 Å². The molecule has 2 amide bonds. The summed E-state index contributed by atoms with van der Waals surface area (Å²) in [6.45, 7) is 1.72. The SMILES string of the molecule is COc1ccccc1CNC(=O)c1cc(NC(C)=O)ccc1OC. The van der Waals surface area contributed by atoms with E-state index in [0.717, 1.165) is 5.56 Å². The fourth-order valence-electron chi connectivity index (χ4n) is 2.29. The van der Waals surface area contributed by atoms with Crippen molar-refractivity contribution in [3.63, 3.8) is 0 Å². The van der Waals surface area contributed by atoms with Crippen LogP contribution in [0.15, 0.2) is 42.5 Å². The van der Waals surface area contributed by atoms with Crippen molar-refractivity contribution in [3.8, 4) is 11.5 Å². The third kappa shape index (κ3) is 4.25. The molecule has 0 aliphatic rings. The number of carbonyl (C=O) groups excluding carboxylic acids is 2. The molecule has 2 rings (SSSR count). The van der Waals surface area contributed by atoms with Crippen LogP contribution in [-0.4, -0.2) is 26.0 Å². The molecular weight excluding hydrogens is 308 g/mol. The highest BCUT2D eigenvalue weighted by atomic mass is 16.5. The summed E-state index contributed by atoms with van der Waals surface area (Å²) in [4.78, 5) is 23.7. The van der Waals surface area contributed by atoms with Gasteiger partial charge in [0.05, 0.1) is 19.8 Å². The Labute approximate surface area is 140 Å². The number of amides is 2. The first-order valence-corrected chi connectivity index (χ1v) is 7.41. The van der Waals surface area contributed by atoms with Gasteiger partial charge in [0.15, 0.2) is 0 Å². The first-order chi connectivity index (χ1) is 11.5. The number of benzene rings is 2. The molecule has 2 N–H and O–H groups in total. The van der Waals surface area contributed by atoms with Crippen molar-refractivity contribution >= 4 is 17.5 Å². The lowest BCUT2D eigenvalue weighted by molar-refractivity contribution is -0.114. The predicted molar refractivity (Wildman–Crippen MR) is 91.5 cm³/mol. The molecule has 0 spiro atoms. The molecule has 0 bridgehead atoms. The predicted octanol–water partition coefficient (Wildman–Crippen LogP) is 2.59. The molecular formula is C18H20N2O4. The van der Waals surface area contributed by atoms with Gasteiger partial charge in [0, 0.05) is 24.7 Å². The second-order valence-electron chi connectivity index (χ2n) is 5.09. The number of ether oxygens (including phenoxy) is 2. The molecule has 126 valence electrons. The van der Waals surface area contributed by atoms with E-state index in [-0.39, 0.29) is 11.8 Å². The van der Waals surface area contributed by atoms with Crippen molar-refractivity contribution < 1.29 is 19.1 Å². The lowest BCUT2D eigenvalue weighted by Crippen LogP contribution is -2.24. The van der Waals surface area contributed by atoms with Crippen LogP contribution in [-0.2, 0) is 11.3 Å². The van der Waals surface area contributed by atoms with Crippen LogP contribution in [0.3, 0.4) is 0 Å². The molecule has 2 aromatic rings. The average Bonchev–Trinajstić information content (AvgIpc) is 2.59. The highest BCUT2D eigenvalue weighted by Gasteiger charge is 2.14. The average molecular weight is 328 g/mol. The fourth-order valence-corrected chi connectivity index (χ4v) is 2.29. The Morgan fingerprint density at radius 1 is 1.00 bits per heavy atom. The molecule has 0 atom stereocenters. The molecule has 24 heavy (non-hydrogen) atoms. The van der Waals surface area contributed by atoms with Crippen LogP contribution in [0.25, 0.3) is 0 Å². The maximum atomic E-state index is 12.5. The third-order valence-electron chi connectivity index (χ3n) is 3.40. The van der Waals surface area contributed by atoms with Crippen LogP contribution in [0.4, 0.5) is 5.69 Å². The van der Waals surface area contributed by atoms with E-state index in [4.69, 9.17) is 9.47 Å². The second-order valence-corrected chi connectivity index (χ2v) is 5.09. The Kier molecular flexibility index (Phi) is 5.78. The number of para-hydroxylation sites is 1. The zero-order chi connectivity index (χ0) is 17.5. The molecule has 0 unspecified atom stereocenters. The first-order valence-electron chi connectivity index (χ1n) is 7.41. The number of carbonyl (C=O) groups is 2. The van der Waals surface area contributed by atoms with E-state index < -0.39 is 0 Å². The Balaban J connectivity index is 2.17. The normalized spacial score (nSPS) is 9.96. The van der Waals surface area contributed by atoms with E-state index in [1.54, 1.807) is 25.3 Å². The Morgan fingerprint density at radius 2 is 1.71 bits per heavy atom. The smallest absolute Gasteiger partial charge is 0.255 e. The Morgan fingerprint density at radius 3 is 2.38 bits per heavy atom. The molecule has 0 aromatic heterocycles. The van der Waals surface area contributed by atoms with Crippen LogP contribution in [0.5, 0.6) is 11.5 Å². The monoisotopic (exact) mass is 328 g/mol. The van der Waals surface area contributed by atoms with Crippen LogP contribution in [0.2, 0.25) is 0 Å². The van der Waals surface area contributed by atoms with Gasteiger partial charge in [0.2, 0.25) is 5.91 Å². The molecule has 0 fully saturated rings. The lowest BCUT2D eigenvalue weighted by atomic mass is 10.1. The maximum absolute atomic E-state index is 12.5. The minimum Gasteiger partial charge on any atom is -0.496 e. The van der Waals surface area contributed by atoms with Gasteiger partial charge in [0.25, 0.3) is 5.91 Å². The van der Waals surface area contributed by atoms with Gasteiger partial charge in [-0.15, -0.1) is 0 Å². The first kappa shape index (κ1) is 17.3. The highest BCUT2D eigenvalue weighted by Crippen LogP contribution is 2.23. The van der Waals surface area contributed by atoms with Crippen molar-refractivity contribution in [2.24, 2.45) is 0 Å². The van der Waals surface area contributed by atoms with Gasteiger partial charge in [-0.05, 0) is 24.3 Å². The number of methoxy groups -OCH3 is 2. The third-order valence-corrected chi connectivity index (χ3v) is 3.40. The van der Waals surface area contributed by atoms with Gasteiger partial charge < -0.3 is 20.1 Å². The number of hydrogen-bond donors (Lipinski definition) is 2. The van der Waals surface area contributed by atoms with Crippen LogP contribution >= 0.6 is 0 Å². The number of hydrogen-bond acceptors (Lipinski definition) is 4. The van der Waals surface area contributed by atoms with Gasteiger partial charge in [-0.1, -0.05) is 18.2 Å². The zero-order valence-corrected chi connectivity index (χ0v) is 13.9. The largest absolute Gasteiger partial charge is 0.496 e. The molecule has 0 radical (unpaired) electrons. The van der Waals surface area contributed by atoms with Crippen molar-refractivity contribution in [2.45, 2.75) is 13.5 Å². The van der Waals surface area contributed by atoms with Crippen molar-refractivity contribution in [1.29, 1.82) is 0 Å². The highest BCUT2D eigenvalue weighted by molar-refractivity contribution is 5.99. The summed E-state index contributed by atoms with van der Waals surface area (Å²) in [5.74, 6) is 0.629. The summed E-state index contributed by atoms with van der Waals surface area (Å²) in [6.07, 6.45) is 0. The van der Waals surface area contributed by atoms with Crippen molar-refractivity contribution in [1.82, 2.24) is 5.32 Å².